The van der Waals surface area contributed by atoms with Crippen LogP contribution in [0.4, 0.5) is 11.4 Å². The summed E-state index contributed by atoms with van der Waals surface area (Å²) in [6.45, 7) is 6.90. The van der Waals surface area contributed by atoms with E-state index in [0.29, 0.717) is 22.1 Å². The fourth-order valence-corrected chi connectivity index (χ4v) is 2.84. The molecule has 5 nitrogen and oxygen atoms in total. The molecule has 0 bridgehead atoms. The third-order valence-electron chi connectivity index (χ3n) is 4.16. The van der Waals surface area contributed by atoms with Gasteiger partial charge in [0.15, 0.2) is 0 Å². The molecule has 138 valence electrons. The van der Waals surface area contributed by atoms with Gasteiger partial charge in [-0.15, -0.1) is 0 Å². The number of para-hydroxylation sites is 2. The molecule has 0 radical (unpaired) electrons. The first-order chi connectivity index (χ1) is 12.2. The molecule has 2 rings (SSSR count). The molecule has 0 spiro atoms. The summed E-state index contributed by atoms with van der Waals surface area (Å²) >= 11 is 6.25. The van der Waals surface area contributed by atoms with Crippen LogP contribution >= 0.6 is 11.6 Å². The Labute approximate surface area is 158 Å². The van der Waals surface area contributed by atoms with Gasteiger partial charge in [0.2, 0.25) is 11.8 Å². The molecule has 0 aliphatic heterocycles. The molecule has 0 unspecified atom stereocenters. The molecule has 2 aromatic rings. The van der Waals surface area contributed by atoms with Crippen LogP contribution in [0.5, 0.6) is 5.75 Å². The highest BCUT2D eigenvalue weighted by Gasteiger charge is 2.37. The van der Waals surface area contributed by atoms with Crippen LogP contribution in [0, 0.1) is 19.3 Å². The Morgan fingerprint density at radius 1 is 1.04 bits per heavy atom. The maximum absolute atomic E-state index is 12.7. The Morgan fingerprint density at radius 3 is 2.27 bits per heavy atom. The number of carbonyl (C=O) groups excluding carboxylic acids is 2. The second-order valence-electron chi connectivity index (χ2n) is 6.67. The van der Waals surface area contributed by atoms with Crippen molar-refractivity contribution in [2.75, 3.05) is 17.7 Å². The highest BCUT2D eigenvalue weighted by molar-refractivity contribution is 6.34. The molecule has 2 aromatic carbocycles. The standard InChI is InChI=1S/C20H23ClN2O3/c1-12-10-13(2)17(14(21)11-12)23-19(25)20(3,4)18(24)22-15-8-6-7-9-16(15)26-5/h6-11H,1-5H3,(H,22,24)(H,23,25). The van der Waals surface area contributed by atoms with E-state index in [-0.39, 0.29) is 0 Å². The molecule has 0 aliphatic rings. The largest absolute Gasteiger partial charge is 0.495 e. The van der Waals surface area contributed by atoms with Gasteiger partial charge in [-0.2, -0.15) is 0 Å². The topological polar surface area (TPSA) is 67.4 Å². The first kappa shape index (κ1) is 19.8. The van der Waals surface area contributed by atoms with Crippen molar-refractivity contribution >= 4 is 34.8 Å². The number of anilines is 2. The normalized spacial score (nSPS) is 11.0. The number of halogens is 1. The maximum atomic E-state index is 12.7. The Balaban J connectivity index is 2.21. The Kier molecular flexibility index (Phi) is 5.93. The average molecular weight is 375 g/mol. The Hall–Kier alpha value is -2.53. The minimum absolute atomic E-state index is 0.441. The summed E-state index contributed by atoms with van der Waals surface area (Å²) in [6, 6.07) is 10.7. The van der Waals surface area contributed by atoms with Crippen LogP contribution in [-0.2, 0) is 9.59 Å². The predicted octanol–water partition coefficient (Wildman–Crippen LogP) is 4.57. The molecule has 0 saturated carbocycles. The van der Waals surface area contributed by atoms with E-state index >= 15 is 0 Å². The highest BCUT2D eigenvalue weighted by atomic mass is 35.5. The van der Waals surface area contributed by atoms with E-state index < -0.39 is 17.2 Å². The summed E-state index contributed by atoms with van der Waals surface area (Å²) in [4.78, 5) is 25.4. The van der Waals surface area contributed by atoms with E-state index in [4.69, 9.17) is 16.3 Å². The van der Waals surface area contributed by atoms with Gasteiger partial charge in [0.1, 0.15) is 11.2 Å². The smallest absolute Gasteiger partial charge is 0.239 e. The molecular weight excluding hydrogens is 352 g/mol. The number of nitrogens with one attached hydrogen (secondary N) is 2. The van der Waals surface area contributed by atoms with E-state index in [1.165, 1.54) is 7.11 Å². The fourth-order valence-electron chi connectivity index (χ4n) is 2.47. The molecule has 0 fully saturated rings. The summed E-state index contributed by atoms with van der Waals surface area (Å²) in [5, 5.41) is 5.97. The van der Waals surface area contributed by atoms with Gasteiger partial charge in [-0.05, 0) is 57.0 Å². The molecule has 6 heteroatoms. The van der Waals surface area contributed by atoms with Gasteiger partial charge in [-0.1, -0.05) is 29.8 Å². The van der Waals surface area contributed by atoms with Gasteiger partial charge in [0.05, 0.1) is 23.5 Å². The third-order valence-corrected chi connectivity index (χ3v) is 4.46. The summed E-state index contributed by atoms with van der Waals surface area (Å²) in [5.74, 6) is -0.367. The summed E-state index contributed by atoms with van der Waals surface area (Å²) in [6.07, 6.45) is 0. The van der Waals surface area contributed by atoms with Crippen molar-refractivity contribution in [1.82, 2.24) is 0 Å². The first-order valence-electron chi connectivity index (χ1n) is 8.19. The van der Waals surface area contributed by atoms with Gasteiger partial charge in [0, 0.05) is 0 Å². The number of carbonyl (C=O) groups is 2. The lowest BCUT2D eigenvalue weighted by Crippen LogP contribution is -2.41. The lowest BCUT2D eigenvalue weighted by Gasteiger charge is -2.24. The SMILES string of the molecule is COc1ccccc1NC(=O)C(C)(C)C(=O)Nc1c(C)cc(C)cc1Cl. The Bertz CT molecular complexity index is 824. The summed E-state index contributed by atoms with van der Waals surface area (Å²) < 4.78 is 5.22. The molecule has 0 aromatic heterocycles. The molecule has 0 atom stereocenters. The number of hydrogen-bond acceptors (Lipinski definition) is 3. The van der Waals surface area contributed by atoms with Gasteiger partial charge in [-0.3, -0.25) is 9.59 Å². The van der Waals surface area contributed by atoms with Crippen LogP contribution in [0.3, 0.4) is 0 Å². The van der Waals surface area contributed by atoms with Crippen molar-refractivity contribution in [3.05, 3.63) is 52.5 Å². The summed E-state index contributed by atoms with van der Waals surface area (Å²) in [7, 11) is 1.52. The van der Waals surface area contributed by atoms with Crippen LogP contribution in [0.1, 0.15) is 25.0 Å². The van der Waals surface area contributed by atoms with Gasteiger partial charge in [-0.25, -0.2) is 0 Å². The van der Waals surface area contributed by atoms with E-state index in [1.807, 2.05) is 19.9 Å². The number of aryl methyl sites for hydroxylation is 2. The number of ether oxygens (including phenoxy) is 1. The second kappa shape index (κ2) is 7.79. The molecule has 2 N–H and O–H groups in total. The van der Waals surface area contributed by atoms with E-state index in [0.717, 1.165) is 11.1 Å². The fraction of sp³-hybridized carbons (Fsp3) is 0.300. The highest BCUT2D eigenvalue weighted by Crippen LogP contribution is 2.31. The Morgan fingerprint density at radius 2 is 1.65 bits per heavy atom. The van der Waals surface area contributed by atoms with E-state index in [1.54, 1.807) is 44.2 Å². The average Bonchev–Trinajstić information content (AvgIpc) is 2.58. The van der Waals surface area contributed by atoms with Crippen LogP contribution in [0.2, 0.25) is 5.02 Å². The van der Waals surface area contributed by atoms with Crippen LogP contribution in [0.15, 0.2) is 36.4 Å². The second-order valence-corrected chi connectivity index (χ2v) is 7.08. The number of benzene rings is 2. The molecular formula is C20H23ClN2O3. The van der Waals surface area contributed by atoms with Crippen molar-refractivity contribution in [1.29, 1.82) is 0 Å². The van der Waals surface area contributed by atoms with Crippen LogP contribution in [-0.4, -0.2) is 18.9 Å². The van der Waals surface area contributed by atoms with Crippen LogP contribution in [0.25, 0.3) is 0 Å². The zero-order valence-electron chi connectivity index (χ0n) is 15.6. The maximum Gasteiger partial charge on any atom is 0.239 e. The number of amides is 2. The quantitative estimate of drug-likeness (QED) is 0.753. The van der Waals surface area contributed by atoms with Crippen molar-refractivity contribution < 1.29 is 14.3 Å². The third kappa shape index (κ3) is 4.17. The minimum atomic E-state index is -1.32. The number of hydrogen-bond donors (Lipinski definition) is 2. The van der Waals surface area contributed by atoms with Crippen molar-refractivity contribution in [3.63, 3.8) is 0 Å². The monoisotopic (exact) mass is 374 g/mol. The van der Waals surface area contributed by atoms with Gasteiger partial charge in [0.25, 0.3) is 0 Å². The van der Waals surface area contributed by atoms with Crippen LogP contribution < -0.4 is 15.4 Å². The predicted molar refractivity (Wildman–Crippen MR) is 105 cm³/mol. The van der Waals surface area contributed by atoms with Gasteiger partial charge < -0.3 is 15.4 Å². The van der Waals surface area contributed by atoms with E-state index in [2.05, 4.69) is 10.6 Å². The first-order valence-corrected chi connectivity index (χ1v) is 8.57. The zero-order chi connectivity index (χ0) is 19.5. The molecule has 0 aliphatic carbocycles. The minimum Gasteiger partial charge on any atom is -0.495 e. The zero-order valence-corrected chi connectivity index (χ0v) is 16.3. The van der Waals surface area contributed by atoms with Crippen molar-refractivity contribution in [2.24, 2.45) is 5.41 Å². The molecule has 26 heavy (non-hydrogen) atoms. The lowest BCUT2D eigenvalue weighted by molar-refractivity contribution is -0.135. The summed E-state index contributed by atoms with van der Waals surface area (Å²) in [5.41, 5.74) is 1.54. The van der Waals surface area contributed by atoms with Gasteiger partial charge >= 0.3 is 0 Å². The van der Waals surface area contributed by atoms with E-state index in [9.17, 15) is 9.59 Å². The molecule has 0 heterocycles. The number of methoxy groups -OCH3 is 1. The number of rotatable bonds is 5. The van der Waals surface area contributed by atoms with Crippen molar-refractivity contribution in [2.45, 2.75) is 27.7 Å². The molecule has 0 saturated heterocycles. The van der Waals surface area contributed by atoms with Crippen molar-refractivity contribution in [3.8, 4) is 5.75 Å². The molecule has 2 amide bonds. The lowest BCUT2D eigenvalue weighted by atomic mass is 9.90.